The molecule has 1 heterocycles. The fraction of sp³-hybridized carbons (Fsp3) is 0.294. The maximum atomic E-state index is 12.3. The molecule has 24 heavy (non-hydrogen) atoms. The van der Waals surface area contributed by atoms with Crippen molar-refractivity contribution < 1.29 is 9.59 Å². The van der Waals surface area contributed by atoms with Crippen LogP contribution in [0.15, 0.2) is 35.3 Å². The van der Waals surface area contributed by atoms with Gasteiger partial charge < -0.3 is 11.1 Å². The number of anilines is 1. The van der Waals surface area contributed by atoms with E-state index < -0.39 is 5.91 Å². The van der Waals surface area contributed by atoms with Crippen LogP contribution in [-0.4, -0.2) is 22.6 Å². The third-order valence-corrected chi connectivity index (χ3v) is 3.95. The monoisotopic (exact) mass is 344 g/mol. The third-order valence-electron chi connectivity index (χ3n) is 2.99. The highest BCUT2D eigenvalue weighted by Gasteiger charge is 2.20. The van der Waals surface area contributed by atoms with Crippen molar-refractivity contribution in [2.45, 2.75) is 27.2 Å². The van der Waals surface area contributed by atoms with Gasteiger partial charge in [-0.1, -0.05) is 55.5 Å². The molecule has 2 amide bonds. The van der Waals surface area contributed by atoms with E-state index in [0.29, 0.717) is 22.1 Å². The van der Waals surface area contributed by atoms with Crippen molar-refractivity contribution in [3.8, 4) is 11.3 Å². The molecule has 0 saturated carbocycles. The van der Waals surface area contributed by atoms with Crippen molar-refractivity contribution >= 4 is 34.1 Å². The van der Waals surface area contributed by atoms with Crippen LogP contribution in [0.2, 0.25) is 0 Å². The van der Waals surface area contributed by atoms with Crippen molar-refractivity contribution in [1.29, 1.82) is 0 Å². The Hall–Kier alpha value is -2.54. The van der Waals surface area contributed by atoms with Crippen LogP contribution >= 0.6 is 11.3 Å². The molecular weight excluding hydrogens is 324 g/mol. The first-order valence-corrected chi connectivity index (χ1v) is 8.39. The molecule has 3 N–H and O–H groups in total. The Labute approximate surface area is 144 Å². The molecule has 0 spiro atoms. The number of nitrogens with one attached hydrogen (secondary N) is 1. The van der Waals surface area contributed by atoms with Gasteiger partial charge in [0, 0.05) is 12.0 Å². The zero-order valence-electron chi connectivity index (χ0n) is 13.9. The molecule has 126 valence electrons. The summed E-state index contributed by atoms with van der Waals surface area (Å²) in [5.74, 6) is -0.173. The van der Waals surface area contributed by atoms with E-state index in [1.54, 1.807) is 6.92 Å². The van der Waals surface area contributed by atoms with E-state index in [2.05, 4.69) is 15.3 Å². The summed E-state index contributed by atoms with van der Waals surface area (Å²) in [5.41, 5.74) is 6.78. The average molecular weight is 344 g/mol. The zero-order chi connectivity index (χ0) is 17.7. The number of carbonyl (C=O) groups is 2. The van der Waals surface area contributed by atoms with E-state index in [4.69, 9.17) is 5.73 Å². The molecule has 7 heteroatoms. The molecule has 2 aromatic rings. The lowest BCUT2D eigenvalue weighted by atomic mass is 10.1. The second-order valence-corrected chi connectivity index (χ2v) is 6.77. The van der Waals surface area contributed by atoms with Gasteiger partial charge in [-0.05, 0) is 12.8 Å². The van der Waals surface area contributed by atoms with Gasteiger partial charge >= 0.3 is 0 Å². The number of aliphatic imine (C=N–C) groups is 1. The van der Waals surface area contributed by atoms with Gasteiger partial charge in [-0.15, -0.1) is 0 Å². The van der Waals surface area contributed by atoms with Crippen LogP contribution in [0.5, 0.6) is 0 Å². The lowest BCUT2D eigenvalue weighted by molar-refractivity contribution is -0.116. The minimum Gasteiger partial charge on any atom is -0.387 e. The van der Waals surface area contributed by atoms with Gasteiger partial charge in [0.05, 0.1) is 5.69 Å². The minimum absolute atomic E-state index is 0.129. The maximum Gasteiger partial charge on any atom is 0.291 e. The lowest BCUT2D eigenvalue weighted by Gasteiger charge is -2.03. The quantitative estimate of drug-likeness (QED) is 0.642. The van der Waals surface area contributed by atoms with E-state index in [1.165, 1.54) is 0 Å². The topological polar surface area (TPSA) is 97.4 Å². The van der Waals surface area contributed by atoms with Crippen LogP contribution in [0, 0.1) is 5.92 Å². The van der Waals surface area contributed by atoms with Crippen molar-refractivity contribution in [2.75, 3.05) is 5.32 Å². The van der Waals surface area contributed by atoms with Crippen molar-refractivity contribution in [1.82, 2.24) is 4.98 Å². The summed E-state index contributed by atoms with van der Waals surface area (Å²) in [7, 11) is 0. The summed E-state index contributed by atoms with van der Waals surface area (Å²) >= 11 is 1.10. The molecule has 6 nitrogen and oxygen atoms in total. The van der Waals surface area contributed by atoms with Gasteiger partial charge in [0.2, 0.25) is 5.91 Å². The van der Waals surface area contributed by atoms with Gasteiger partial charge in [0.1, 0.15) is 10.7 Å². The summed E-state index contributed by atoms with van der Waals surface area (Å²) < 4.78 is 0. The van der Waals surface area contributed by atoms with Crippen molar-refractivity contribution in [3.05, 3.63) is 35.2 Å². The summed E-state index contributed by atoms with van der Waals surface area (Å²) in [4.78, 5) is 32.8. The maximum absolute atomic E-state index is 12.3. The highest BCUT2D eigenvalue weighted by molar-refractivity contribution is 7.18. The SMILES string of the molecule is CC(N)=NC(=O)c1sc(NC(=O)CC(C)C)nc1-c1ccccc1. The fourth-order valence-corrected chi connectivity index (χ4v) is 2.95. The Bertz CT molecular complexity index is 762. The Balaban J connectivity index is 2.39. The van der Waals surface area contributed by atoms with E-state index in [-0.39, 0.29) is 17.7 Å². The predicted octanol–water partition coefficient (Wildman–Crippen LogP) is 3.31. The standard InChI is InChI=1S/C17H20N4O2S/c1-10(2)9-13(22)20-17-21-14(12-7-5-4-6-8-12)15(24-17)16(23)19-11(3)18/h4-8,10H,9H2,1-3H3,(H2,18,19,23)(H,20,21,22). The molecule has 2 rings (SSSR count). The number of aromatic nitrogens is 1. The molecule has 0 unspecified atom stereocenters. The molecule has 0 saturated heterocycles. The molecular formula is C17H20N4O2S. The van der Waals surface area contributed by atoms with Crippen LogP contribution in [-0.2, 0) is 4.79 Å². The number of nitrogens with zero attached hydrogens (tertiary/aromatic N) is 2. The average Bonchev–Trinajstić information content (AvgIpc) is 2.90. The van der Waals surface area contributed by atoms with Crippen LogP contribution in [0.3, 0.4) is 0 Å². The second kappa shape index (κ2) is 7.83. The number of amides is 2. The summed E-state index contributed by atoms with van der Waals surface area (Å²) in [6.45, 7) is 5.47. The first kappa shape index (κ1) is 17.8. The van der Waals surface area contributed by atoms with Crippen LogP contribution in [0.25, 0.3) is 11.3 Å². The number of rotatable bonds is 5. The van der Waals surface area contributed by atoms with Gasteiger partial charge in [0.15, 0.2) is 5.13 Å². The van der Waals surface area contributed by atoms with Crippen LogP contribution in [0.4, 0.5) is 5.13 Å². The number of nitrogens with two attached hydrogens (primary N) is 1. The van der Waals surface area contributed by atoms with E-state index in [0.717, 1.165) is 16.9 Å². The highest BCUT2D eigenvalue weighted by atomic mass is 32.1. The lowest BCUT2D eigenvalue weighted by Crippen LogP contribution is -2.13. The largest absolute Gasteiger partial charge is 0.387 e. The number of carbonyl (C=O) groups excluding carboxylic acids is 2. The number of amidine groups is 1. The molecule has 0 bridgehead atoms. The Morgan fingerprint density at radius 3 is 2.54 bits per heavy atom. The normalized spacial score (nSPS) is 11.6. The number of thiazole rings is 1. The molecule has 0 aliphatic carbocycles. The third kappa shape index (κ3) is 4.73. The van der Waals surface area contributed by atoms with Gasteiger partial charge in [0.25, 0.3) is 5.91 Å². The molecule has 1 aromatic heterocycles. The Kier molecular flexibility index (Phi) is 5.81. The second-order valence-electron chi connectivity index (χ2n) is 5.77. The predicted molar refractivity (Wildman–Crippen MR) is 97.3 cm³/mol. The molecule has 0 fully saturated rings. The van der Waals surface area contributed by atoms with E-state index in [1.807, 2.05) is 44.2 Å². The first-order valence-electron chi connectivity index (χ1n) is 7.58. The van der Waals surface area contributed by atoms with Crippen LogP contribution < -0.4 is 11.1 Å². The molecule has 0 radical (unpaired) electrons. The zero-order valence-corrected chi connectivity index (χ0v) is 14.7. The van der Waals surface area contributed by atoms with E-state index in [9.17, 15) is 9.59 Å². The fourth-order valence-electron chi connectivity index (χ4n) is 2.06. The summed E-state index contributed by atoms with van der Waals surface area (Å²) in [6, 6.07) is 9.30. The Morgan fingerprint density at radius 2 is 1.96 bits per heavy atom. The molecule has 0 aliphatic heterocycles. The van der Waals surface area contributed by atoms with Crippen molar-refractivity contribution in [3.63, 3.8) is 0 Å². The highest BCUT2D eigenvalue weighted by Crippen LogP contribution is 2.32. The number of hydrogen-bond acceptors (Lipinski definition) is 4. The number of benzene rings is 1. The molecule has 0 aliphatic rings. The molecule has 1 aromatic carbocycles. The van der Waals surface area contributed by atoms with E-state index >= 15 is 0 Å². The van der Waals surface area contributed by atoms with Crippen molar-refractivity contribution in [2.24, 2.45) is 16.6 Å². The van der Waals surface area contributed by atoms with Gasteiger partial charge in [-0.3, -0.25) is 9.59 Å². The van der Waals surface area contributed by atoms with Crippen LogP contribution in [0.1, 0.15) is 36.9 Å². The van der Waals surface area contributed by atoms with Gasteiger partial charge in [-0.2, -0.15) is 4.99 Å². The Morgan fingerprint density at radius 1 is 1.29 bits per heavy atom. The summed E-state index contributed by atoms with van der Waals surface area (Å²) in [5, 5.41) is 3.13. The minimum atomic E-state index is -0.462. The molecule has 0 atom stereocenters. The van der Waals surface area contributed by atoms with Gasteiger partial charge in [-0.25, -0.2) is 4.98 Å². The number of hydrogen-bond donors (Lipinski definition) is 2. The smallest absolute Gasteiger partial charge is 0.291 e. The first-order chi connectivity index (χ1) is 11.4. The summed E-state index contributed by atoms with van der Waals surface area (Å²) in [6.07, 6.45) is 0.392.